The largest absolute Gasteiger partial charge is 0.497 e. The van der Waals surface area contributed by atoms with Gasteiger partial charge in [-0.15, -0.1) is 0 Å². The molecule has 1 aromatic rings. The van der Waals surface area contributed by atoms with Crippen molar-refractivity contribution in [3.63, 3.8) is 0 Å². The Balaban J connectivity index is 2.24. The van der Waals surface area contributed by atoms with Crippen LogP contribution in [0.3, 0.4) is 0 Å². The third-order valence-electron chi connectivity index (χ3n) is 3.01. The summed E-state index contributed by atoms with van der Waals surface area (Å²) in [5.74, 6) is 0.151. The highest BCUT2D eigenvalue weighted by Crippen LogP contribution is 2.30. The van der Waals surface area contributed by atoms with Crippen molar-refractivity contribution < 1.29 is 24.2 Å². The zero-order chi connectivity index (χ0) is 15.4. The Morgan fingerprint density at radius 3 is 2.62 bits per heavy atom. The minimum absolute atomic E-state index is 0.0331. The third kappa shape index (κ3) is 2.97. The van der Waals surface area contributed by atoms with Gasteiger partial charge in [0.1, 0.15) is 17.2 Å². The number of benzene rings is 1. The van der Waals surface area contributed by atoms with E-state index >= 15 is 0 Å². The molecule has 1 heterocycles. The van der Waals surface area contributed by atoms with E-state index in [1.54, 1.807) is 18.2 Å². The third-order valence-corrected chi connectivity index (χ3v) is 3.01. The van der Waals surface area contributed by atoms with Gasteiger partial charge in [0, 0.05) is 12.1 Å². The van der Waals surface area contributed by atoms with Gasteiger partial charge in [0.2, 0.25) is 0 Å². The lowest BCUT2D eigenvalue weighted by atomic mass is 10.2. The molecule has 0 saturated carbocycles. The van der Waals surface area contributed by atoms with Crippen molar-refractivity contribution in [2.24, 2.45) is 0 Å². The molecule has 0 aliphatic carbocycles. The number of carbonyl (C=O) groups is 2. The summed E-state index contributed by atoms with van der Waals surface area (Å²) in [5.41, 5.74) is 0.634. The fraction of sp³-hybridized carbons (Fsp3) is 0.286. The van der Waals surface area contributed by atoms with Gasteiger partial charge < -0.3 is 19.9 Å². The number of carbonyl (C=O) groups excluding carboxylic acids is 2. The normalized spacial score (nSPS) is 14.2. The van der Waals surface area contributed by atoms with Crippen LogP contribution in [0.25, 0.3) is 0 Å². The Bertz CT molecular complexity index is 597. The summed E-state index contributed by atoms with van der Waals surface area (Å²) >= 11 is 0. The zero-order valence-electron chi connectivity index (χ0n) is 11.8. The van der Waals surface area contributed by atoms with E-state index in [9.17, 15) is 9.59 Å². The molecule has 21 heavy (non-hydrogen) atoms. The monoisotopic (exact) mass is 292 g/mol. The first kappa shape index (κ1) is 14.9. The molecule has 0 radical (unpaired) electrons. The maximum Gasteiger partial charge on any atom is 0.277 e. The molecule has 0 fully saturated rings. The first-order valence-electron chi connectivity index (χ1n) is 6.28. The summed E-state index contributed by atoms with van der Waals surface area (Å²) in [6, 6.07) is 5.07. The molecular formula is C14H16N2O5. The van der Waals surface area contributed by atoms with Crippen LogP contribution < -0.4 is 14.8 Å². The molecule has 1 aromatic carbocycles. The molecule has 0 spiro atoms. The molecular weight excluding hydrogens is 276 g/mol. The van der Waals surface area contributed by atoms with Crippen molar-refractivity contribution in [1.29, 1.82) is 0 Å². The van der Waals surface area contributed by atoms with Gasteiger partial charge in [0.25, 0.3) is 11.8 Å². The molecule has 0 aromatic heterocycles. The van der Waals surface area contributed by atoms with Crippen LogP contribution in [0.2, 0.25) is 0 Å². The van der Waals surface area contributed by atoms with Crippen LogP contribution in [0.4, 0.5) is 5.69 Å². The molecule has 2 rings (SSSR count). The molecule has 1 aliphatic heterocycles. The SMILES string of the molecule is COc1ccc(OC)c(NC2=CC(=O)N(CCO)C2=O)c1. The van der Waals surface area contributed by atoms with Crippen molar-refractivity contribution >= 4 is 17.5 Å². The number of rotatable bonds is 6. The van der Waals surface area contributed by atoms with Gasteiger partial charge in [0.15, 0.2) is 0 Å². The van der Waals surface area contributed by atoms with Crippen molar-refractivity contribution in [2.75, 3.05) is 32.7 Å². The average molecular weight is 292 g/mol. The van der Waals surface area contributed by atoms with Crippen molar-refractivity contribution in [1.82, 2.24) is 4.90 Å². The van der Waals surface area contributed by atoms with E-state index in [4.69, 9.17) is 14.6 Å². The Kier molecular flexibility index (Phi) is 4.44. The molecule has 1 aliphatic rings. The number of nitrogens with one attached hydrogen (secondary N) is 1. The Labute approximate surface area is 121 Å². The highest BCUT2D eigenvalue weighted by Gasteiger charge is 2.31. The summed E-state index contributed by atoms with van der Waals surface area (Å²) in [7, 11) is 3.03. The number of aliphatic hydroxyl groups excluding tert-OH is 1. The van der Waals surface area contributed by atoms with Gasteiger partial charge in [-0.1, -0.05) is 0 Å². The molecule has 0 unspecified atom stereocenters. The number of amides is 2. The van der Waals surface area contributed by atoms with Gasteiger partial charge in [-0.2, -0.15) is 0 Å². The van der Waals surface area contributed by atoms with Crippen molar-refractivity contribution in [3.05, 3.63) is 30.0 Å². The number of imide groups is 1. The van der Waals surface area contributed by atoms with Crippen LogP contribution in [0.1, 0.15) is 0 Å². The number of anilines is 1. The number of ether oxygens (including phenoxy) is 2. The topological polar surface area (TPSA) is 88.1 Å². The minimum atomic E-state index is -0.487. The Morgan fingerprint density at radius 1 is 1.24 bits per heavy atom. The van der Waals surface area contributed by atoms with E-state index in [1.165, 1.54) is 20.3 Å². The molecule has 2 amide bonds. The Hall–Kier alpha value is -2.54. The van der Waals surface area contributed by atoms with Crippen LogP contribution in [0.15, 0.2) is 30.0 Å². The summed E-state index contributed by atoms with van der Waals surface area (Å²) < 4.78 is 10.3. The van der Waals surface area contributed by atoms with E-state index < -0.39 is 11.8 Å². The van der Waals surface area contributed by atoms with Crippen LogP contribution >= 0.6 is 0 Å². The van der Waals surface area contributed by atoms with E-state index in [-0.39, 0.29) is 18.8 Å². The summed E-state index contributed by atoms with van der Waals surface area (Å²) in [6.45, 7) is -0.310. The maximum atomic E-state index is 12.1. The Morgan fingerprint density at radius 2 is 2.00 bits per heavy atom. The van der Waals surface area contributed by atoms with Gasteiger partial charge in [-0.05, 0) is 12.1 Å². The first-order valence-corrected chi connectivity index (χ1v) is 6.28. The highest BCUT2D eigenvalue weighted by atomic mass is 16.5. The number of β-amino-alcohol motifs (C(OH)–C–C–N with tert-alkyl or cyclic N) is 1. The first-order chi connectivity index (χ1) is 10.1. The van der Waals surface area contributed by atoms with Crippen molar-refractivity contribution in [3.8, 4) is 11.5 Å². The molecule has 2 N–H and O–H groups in total. The standard InChI is InChI=1S/C14H16N2O5/c1-20-9-3-4-12(21-2)10(7-9)15-11-8-13(18)16(5-6-17)14(11)19/h3-4,7-8,15,17H,5-6H2,1-2H3. The number of hydrogen-bond acceptors (Lipinski definition) is 6. The minimum Gasteiger partial charge on any atom is -0.497 e. The molecule has 0 atom stereocenters. The van der Waals surface area contributed by atoms with E-state index in [0.29, 0.717) is 17.2 Å². The van der Waals surface area contributed by atoms with Crippen molar-refractivity contribution in [2.45, 2.75) is 0 Å². The number of nitrogens with zero attached hydrogens (tertiary/aromatic N) is 1. The quantitative estimate of drug-likeness (QED) is 0.736. The smallest absolute Gasteiger partial charge is 0.277 e. The summed E-state index contributed by atoms with van der Waals surface area (Å²) in [6.07, 6.45) is 1.19. The van der Waals surface area contributed by atoms with Crippen LogP contribution in [0, 0.1) is 0 Å². The van der Waals surface area contributed by atoms with Gasteiger partial charge in [-0.3, -0.25) is 14.5 Å². The second kappa shape index (κ2) is 6.27. The average Bonchev–Trinajstić information content (AvgIpc) is 2.75. The summed E-state index contributed by atoms with van der Waals surface area (Å²) in [4.78, 5) is 24.7. The van der Waals surface area contributed by atoms with Gasteiger partial charge in [0.05, 0.1) is 33.1 Å². The molecule has 7 heteroatoms. The number of aliphatic hydroxyl groups is 1. The van der Waals surface area contributed by atoms with E-state index in [2.05, 4.69) is 5.32 Å². The van der Waals surface area contributed by atoms with E-state index in [0.717, 1.165) is 4.90 Å². The van der Waals surface area contributed by atoms with Crippen LogP contribution in [0.5, 0.6) is 11.5 Å². The molecule has 0 bridgehead atoms. The lowest BCUT2D eigenvalue weighted by molar-refractivity contribution is -0.137. The van der Waals surface area contributed by atoms with Crippen LogP contribution in [-0.4, -0.2) is 49.2 Å². The fourth-order valence-corrected chi connectivity index (χ4v) is 1.97. The second-order valence-corrected chi connectivity index (χ2v) is 4.27. The number of methoxy groups -OCH3 is 2. The van der Waals surface area contributed by atoms with Gasteiger partial charge in [-0.25, -0.2) is 0 Å². The lowest BCUT2D eigenvalue weighted by Gasteiger charge is -2.15. The molecule has 0 saturated heterocycles. The predicted octanol–water partition coefficient (Wildman–Crippen LogP) is 0.361. The fourth-order valence-electron chi connectivity index (χ4n) is 1.97. The lowest BCUT2D eigenvalue weighted by Crippen LogP contribution is -2.34. The summed E-state index contributed by atoms with van der Waals surface area (Å²) in [5, 5.41) is 11.7. The maximum absolute atomic E-state index is 12.1. The molecule has 112 valence electrons. The number of hydrogen-bond donors (Lipinski definition) is 2. The van der Waals surface area contributed by atoms with Gasteiger partial charge >= 0.3 is 0 Å². The zero-order valence-corrected chi connectivity index (χ0v) is 11.8. The second-order valence-electron chi connectivity index (χ2n) is 4.27. The van der Waals surface area contributed by atoms with E-state index in [1.807, 2.05) is 0 Å². The van der Waals surface area contributed by atoms with Crippen LogP contribution in [-0.2, 0) is 9.59 Å². The predicted molar refractivity (Wildman–Crippen MR) is 75.1 cm³/mol. The highest BCUT2D eigenvalue weighted by molar-refractivity contribution is 6.17. The molecule has 7 nitrogen and oxygen atoms in total.